The summed E-state index contributed by atoms with van der Waals surface area (Å²) in [5, 5.41) is 9.63. The van der Waals surface area contributed by atoms with Crippen molar-refractivity contribution in [3.05, 3.63) is 48.0 Å². The van der Waals surface area contributed by atoms with Crippen molar-refractivity contribution in [2.75, 3.05) is 40.4 Å². The van der Waals surface area contributed by atoms with Crippen molar-refractivity contribution in [2.45, 2.75) is 25.4 Å². The number of nitrogens with one attached hydrogen (secondary N) is 2. The lowest BCUT2D eigenvalue weighted by Gasteiger charge is -2.32. The van der Waals surface area contributed by atoms with Gasteiger partial charge in [0, 0.05) is 46.4 Å². The number of piperidine rings is 1. The van der Waals surface area contributed by atoms with Crippen molar-refractivity contribution in [1.82, 2.24) is 15.5 Å². The molecule has 0 spiro atoms. The van der Waals surface area contributed by atoms with Crippen LogP contribution in [0.4, 0.5) is 0 Å². The Bertz CT molecular complexity index is 718. The first-order valence-electron chi connectivity index (χ1n) is 9.45. The van der Waals surface area contributed by atoms with Crippen LogP contribution in [0.1, 0.15) is 18.4 Å². The van der Waals surface area contributed by atoms with Crippen LogP contribution in [0.25, 0.3) is 10.8 Å². The highest BCUT2D eigenvalue weighted by molar-refractivity contribution is 5.86. The van der Waals surface area contributed by atoms with E-state index in [2.05, 4.69) is 63.0 Å². The van der Waals surface area contributed by atoms with Crippen molar-refractivity contribution < 1.29 is 4.74 Å². The van der Waals surface area contributed by atoms with Crippen LogP contribution in [0.3, 0.4) is 0 Å². The van der Waals surface area contributed by atoms with Crippen LogP contribution >= 0.6 is 0 Å². The van der Waals surface area contributed by atoms with E-state index in [0.717, 1.165) is 51.6 Å². The summed E-state index contributed by atoms with van der Waals surface area (Å²) in [6, 6.07) is 15.4. The van der Waals surface area contributed by atoms with E-state index in [1.807, 2.05) is 7.05 Å². The van der Waals surface area contributed by atoms with Crippen molar-refractivity contribution in [3.8, 4) is 0 Å². The molecule has 140 valence electrons. The molecule has 1 heterocycles. The molecule has 1 aliphatic rings. The average Bonchev–Trinajstić information content (AvgIpc) is 2.70. The largest absolute Gasteiger partial charge is 0.383 e. The Morgan fingerprint density at radius 1 is 1.15 bits per heavy atom. The smallest absolute Gasteiger partial charge is 0.191 e. The summed E-state index contributed by atoms with van der Waals surface area (Å²) in [5.74, 6) is 0.883. The number of nitrogens with zero attached hydrogens (tertiary/aromatic N) is 2. The van der Waals surface area contributed by atoms with Gasteiger partial charge in [-0.1, -0.05) is 42.5 Å². The monoisotopic (exact) mass is 354 g/mol. The molecular formula is C21H30N4O. The number of likely N-dealkylation sites (tertiary alicyclic amines) is 1. The zero-order valence-electron chi connectivity index (χ0n) is 15.9. The zero-order chi connectivity index (χ0) is 18.2. The highest BCUT2D eigenvalue weighted by atomic mass is 16.5. The number of methoxy groups -OCH3 is 1. The van der Waals surface area contributed by atoms with Crippen LogP contribution in [0.2, 0.25) is 0 Å². The molecule has 0 saturated carbocycles. The van der Waals surface area contributed by atoms with E-state index in [4.69, 9.17) is 4.74 Å². The van der Waals surface area contributed by atoms with Crippen molar-refractivity contribution in [2.24, 2.45) is 4.99 Å². The Kier molecular flexibility index (Phi) is 6.86. The van der Waals surface area contributed by atoms with Crippen LogP contribution in [0.5, 0.6) is 0 Å². The van der Waals surface area contributed by atoms with Gasteiger partial charge < -0.3 is 20.3 Å². The molecule has 5 nitrogen and oxygen atoms in total. The third-order valence-corrected chi connectivity index (χ3v) is 5.09. The lowest BCUT2D eigenvalue weighted by molar-refractivity contribution is 0.128. The number of hydrogen-bond acceptors (Lipinski definition) is 3. The second-order valence-electron chi connectivity index (χ2n) is 6.82. The zero-order valence-corrected chi connectivity index (χ0v) is 15.9. The maximum Gasteiger partial charge on any atom is 0.191 e. The number of guanidine groups is 1. The summed E-state index contributed by atoms with van der Waals surface area (Å²) >= 11 is 0. The van der Waals surface area contributed by atoms with E-state index in [9.17, 15) is 0 Å². The Morgan fingerprint density at radius 2 is 1.92 bits per heavy atom. The molecule has 0 bridgehead atoms. The van der Waals surface area contributed by atoms with Crippen molar-refractivity contribution in [1.29, 1.82) is 0 Å². The molecule has 1 aliphatic heterocycles. The van der Waals surface area contributed by atoms with E-state index in [0.29, 0.717) is 6.04 Å². The first-order chi connectivity index (χ1) is 12.8. The topological polar surface area (TPSA) is 48.9 Å². The van der Waals surface area contributed by atoms with Gasteiger partial charge in [0.25, 0.3) is 0 Å². The summed E-state index contributed by atoms with van der Waals surface area (Å²) in [4.78, 5) is 6.87. The molecule has 0 amide bonds. The second kappa shape index (κ2) is 9.55. The molecule has 0 aliphatic carbocycles. The molecule has 0 radical (unpaired) electrons. The van der Waals surface area contributed by atoms with Gasteiger partial charge in [-0.15, -0.1) is 0 Å². The van der Waals surface area contributed by atoms with Crippen LogP contribution in [-0.2, 0) is 11.3 Å². The highest BCUT2D eigenvalue weighted by Crippen LogP contribution is 2.18. The van der Waals surface area contributed by atoms with Crippen LogP contribution in [0, 0.1) is 0 Å². The number of rotatable bonds is 6. The molecule has 1 saturated heterocycles. The molecule has 2 N–H and O–H groups in total. The Balaban J connectivity index is 1.51. The van der Waals surface area contributed by atoms with Crippen molar-refractivity contribution in [3.63, 3.8) is 0 Å². The van der Waals surface area contributed by atoms with Crippen molar-refractivity contribution >= 4 is 16.7 Å². The Morgan fingerprint density at radius 3 is 2.69 bits per heavy atom. The lowest BCUT2D eigenvalue weighted by atomic mass is 10.0. The van der Waals surface area contributed by atoms with Gasteiger partial charge >= 0.3 is 0 Å². The number of benzene rings is 2. The minimum absolute atomic E-state index is 0.479. The summed E-state index contributed by atoms with van der Waals surface area (Å²) in [6.07, 6.45) is 2.28. The van der Waals surface area contributed by atoms with E-state index in [1.165, 1.54) is 16.3 Å². The molecule has 0 unspecified atom stereocenters. The van der Waals surface area contributed by atoms with Gasteiger partial charge in [-0.2, -0.15) is 0 Å². The summed E-state index contributed by atoms with van der Waals surface area (Å²) in [7, 11) is 3.60. The number of aliphatic imine (C=N–C) groups is 1. The molecule has 1 fully saturated rings. The fourth-order valence-electron chi connectivity index (χ4n) is 3.53. The van der Waals surface area contributed by atoms with Gasteiger partial charge in [-0.25, -0.2) is 0 Å². The summed E-state index contributed by atoms with van der Waals surface area (Å²) in [5.41, 5.74) is 1.29. The minimum atomic E-state index is 0.479. The standard InChI is InChI=1S/C21H30N4O/c1-22-21(24-19-10-12-25(13-11-19)14-15-26-2)23-16-18-8-5-7-17-6-3-4-9-20(17)18/h3-9,19H,10-16H2,1-2H3,(H2,22,23,24). The van der Waals surface area contributed by atoms with E-state index in [-0.39, 0.29) is 0 Å². The molecule has 0 aromatic heterocycles. The SMILES string of the molecule is CN=C(NCc1cccc2ccccc12)NC1CCN(CCOC)CC1. The summed E-state index contributed by atoms with van der Waals surface area (Å²) in [6.45, 7) is 4.83. The maximum absolute atomic E-state index is 5.17. The predicted molar refractivity (Wildman–Crippen MR) is 109 cm³/mol. The third kappa shape index (κ3) is 4.96. The second-order valence-corrected chi connectivity index (χ2v) is 6.82. The van der Waals surface area contributed by atoms with Gasteiger partial charge in [-0.3, -0.25) is 4.99 Å². The number of hydrogen-bond donors (Lipinski definition) is 2. The lowest BCUT2D eigenvalue weighted by Crippen LogP contribution is -2.48. The Labute approximate surface area is 156 Å². The predicted octanol–water partition coefficient (Wildman–Crippen LogP) is 2.62. The average molecular weight is 354 g/mol. The number of fused-ring (bicyclic) bond motifs is 1. The van der Waals surface area contributed by atoms with Gasteiger partial charge in [0.05, 0.1) is 6.61 Å². The molecule has 0 atom stereocenters. The molecular weight excluding hydrogens is 324 g/mol. The molecule has 2 aromatic rings. The molecule has 26 heavy (non-hydrogen) atoms. The van der Waals surface area contributed by atoms with Crippen LogP contribution in [-0.4, -0.2) is 57.3 Å². The third-order valence-electron chi connectivity index (χ3n) is 5.09. The van der Waals surface area contributed by atoms with Crippen LogP contribution < -0.4 is 10.6 Å². The fourth-order valence-corrected chi connectivity index (χ4v) is 3.53. The minimum Gasteiger partial charge on any atom is -0.383 e. The molecule has 2 aromatic carbocycles. The fraction of sp³-hybridized carbons (Fsp3) is 0.476. The van der Waals surface area contributed by atoms with Gasteiger partial charge in [0.15, 0.2) is 5.96 Å². The van der Waals surface area contributed by atoms with Gasteiger partial charge in [0.1, 0.15) is 0 Å². The molecule has 5 heteroatoms. The molecule has 3 rings (SSSR count). The van der Waals surface area contributed by atoms with E-state index in [1.54, 1.807) is 7.11 Å². The van der Waals surface area contributed by atoms with Gasteiger partial charge in [-0.05, 0) is 29.2 Å². The number of ether oxygens (including phenoxy) is 1. The van der Waals surface area contributed by atoms with Gasteiger partial charge in [0.2, 0.25) is 0 Å². The quantitative estimate of drug-likeness (QED) is 0.618. The normalized spacial score (nSPS) is 16.8. The van der Waals surface area contributed by atoms with Crippen LogP contribution in [0.15, 0.2) is 47.5 Å². The maximum atomic E-state index is 5.17. The first kappa shape index (κ1) is 18.7. The summed E-state index contributed by atoms with van der Waals surface area (Å²) < 4.78 is 5.17. The Hall–Kier alpha value is -2.11. The first-order valence-corrected chi connectivity index (χ1v) is 9.45. The highest BCUT2D eigenvalue weighted by Gasteiger charge is 2.19. The van der Waals surface area contributed by atoms with E-state index >= 15 is 0 Å². The van der Waals surface area contributed by atoms with E-state index < -0.39 is 0 Å².